The van der Waals surface area contributed by atoms with Crippen LogP contribution in [0, 0.1) is 5.41 Å². The lowest BCUT2D eigenvalue weighted by Crippen LogP contribution is -2.46. The second-order valence-corrected chi connectivity index (χ2v) is 5.84. The second-order valence-electron chi connectivity index (χ2n) is 5.84. The van der Waals surface area contributed by atoms with Crippen LogP contribution in [-0.2, 0) is 11.3 Å². The molecule has 0 unspecified atom stereocenters. The number of carbonyl (C=O) groups excluding carboxylic acids is 1. The topological polar surface area (TPSA) is 110 Å². The van der Waals surface area contributed by atoms with Gasteiger partial charge in [-0.3, -0.25) is 9.20 Å². The van der Waals surface area contributed by atoms with Crippen molar-refractivity contribution >= 4 is 41.5 Å². The highest BCUT2D eigenvalue weighted by Gasteiger charge is 2.24. The van der Waals surface area contributed by atoms with Gasteiger partial charge in [0, 0.05) is 19.3 Å². The van der Waals surface area contributed by atoms with Gasteiger partial charge in [-0.2, -0.15) is 0 Å². The molecule has 0 spiro atoms. The van der Waals surface area contributed by atoms with Crippen LogP contribution in [0.1, 0.15) is 26.6 Å². The van der Waals surface area contributed by atoms with E-state index in [1.807, 2.05) is 35.7 Å². The van der Waals surface area contributed by atoms with Gasteiger partial charge in [0.2, 0.25) is 5.91 Å². The van der Waals surface area contributed by atoms with Gasteiger partial charge >= 0.3 is 0 Å². The van der Waals surface area contributed by atoms with Gasteiger partial charge in [-0.15, -0.1) is 34.2 Å². The molecule has 0 aromatic carbocycles. The van der Waals surface area contributed by atoms with Crippen LogP contribution in [0.25, 0.3) is 5.65 Å². The summed E-state index contributed by atoms with van der Waals surface area (Å²) >= 11 is 0. The third-order valence-corrected chi connectivity index (χ3v) is 3.47. The van der Waals surface area contributed by atoms with Gasteiger partial charge in [0.1, 0.15) is 6.54 Å². The molecular formula is C15H24IN7O. The van der Waals surface area contributed by atoms with Crippen molar-refractivity contribution in [2.75, 3.05) is 13.1 Å². The first kappa shape index (κ1) is 20.1. The Hall–Kier alpha value is -1.91. The van der Waals surface area contributed by atoms with Crippen molar-refractivity contribution in [2.45, 2.75) is 27.3 Å². The van der Waals surface area contributed by atoms with Crippen molar-refractivity contribution in [1.82, 2.24) is 25.2 Å². The van der Waals surface area contributed by atoms with Crippen LogP contribution in [0.2, 0.25) is 0 Å². The van der Waals surface area contributed by atoms with Crippen LogP contribution in [0.3, 0.4) is 0 Å². The maximum atomic E-state index is 11.4. The van der Waals surface area contributed by atoms with Crippen LogP contribution in [-0.4, -0.2) is 39.6 Å². The number of pyridine rings is 1. The Bertz CT molecular complexity index is 711. The van der Waals surface area contributed by atoms with E-state index >= 15 is 0 Å². The van der Waals surface area contributed by atoms with Crippen molar-refractivity contribution in [3.05, 3.63) is 30.2 Å². The fourth-order valence-corrected chi connectivity index (χ4v) is 1.88. The van der Waals surface area contributed by atoms with Crippen molar-refractivity contribution in [2.24, 2.45) is 16.1 Å². The number of rotatable bonds is 6. The number of hydrogen-bond donors (Lipinski definition) is 3. The Morgan fingerprint density at radius 1 is 1.33 bits per heavy atom. The average molecular weight is 445 g/mol. The quantitative estimate of drug-likeness (QED) is 0.348. The third kappa shape index (κ3) is 5.05. The molecule has 0 fully saturated rings. The first-order chi connectivity index (χ1) is 10.9. The number of primary amides is 1. The zero-order valence-electron chi connectivity index (χ0n) is 14.1. The van der Waals surface area contributed by atoms with E-state index in [4.69, 9.17) is 5.73 Å². The molecule has 0 saturated heterocycles. The van der Waals surface area contributed by atoms with E-state index in [0.29, 0.717) is 25.6 Å². The van der Waals surface area contributed by atoms with E-state index < -0.39 is 5.41 Å². The van der Waals surface area contributed by atoms with Gasteiger partial charge in [-0.25, -0.2) is 4.99 Å². The molecule has 0 aliphatic carbocycles. The molecule has 132 valence electrons. The highest BCUT2D eigenvalue weighted by atomic mass is 127. The Morgan fingerprint density at radius 3 is 2.75 bits per heavy atom. The van der Waals surface area contributed by atoms with E-state index in [1.165, 1.54) is 0 Å². The summed E-state index contributed by atoms with van der Waals surface area (Å²) < 4.78 is 1.89. The minimum absolute atomic E-state index is 0. The fraction of sp³-hybridized carbons (Fsp3) is 0.467. The van der Waals surface area contributed by atoms with Crippen molar-refractivity contribution in [1.29, 1.82) is 0 Å². The second kappa shape index (κ2) is 8.81. The molecule has 0 radical (unpaired) electrons. The summed E-state index contributed by atoms with van der Waals surface area (Å²) in [6, 6.07) is 5.72. The maximum Gasteiger partial charge on any atom is 0.224 e. The molecule has 8 nitrogen and oxygen atoms in total. The molecular weight excluding hydrogens is 421 g/mol. The summed E-state index contributed by atoms with van der Waals surface area (Å²) in [6.45, 7) is 7.04. The summed E-state index contributed by atoms with van der Waals surface area (Å²) in [6.07, 6.45) is 1.90. The van der Waals surface area contributed by atoms with Gasteiger partial charge in [0.05, 0.1) is 5.41 Å². The molecule has 0 aliphatic rings. The number of halogens is 1. The molecule has 2 aromatic heterocycles. The molecule has 24 heavy (non-hydrogen) atoms. The van der Waals surface area contributed by atoms with Crippen LogP contribution in [0.5, 0.6) is 0 Å². The van der Waals surface area contributed by atoms with Gasteiger partial charge < -0.3 is 16.4 Å². The number of fused-ring (bicyclic) bond motifs is 1. The number of aliphatic imine (C=N–C) groups is 1. The number of aromatic nitrogens is 3. The smallest absolute Gasteiger partial charge is 0.224 e. The Kier molecular flexibility index (Phi) is 7.39. The Balaban J connectivity index is 0.00000288. The third-order valence-electron chi connectivity index (χ3n) is 3.47. The molecule has 4 N–H and O–H groups in total. The molecule has 0 saturated carbocycles. The van der Waals surface area contributed by atoms with Gasteiger partial charge in [-0.05, 0) is 32.9 Å². The monoisotopic (exact) mass is 445 g/mol. The standard InChI is InChI=1S/C15H23N7O.HI/c1-4-17-14(19-10-15(2,3)13(16)23)18-9-12-21-20-11-7-5-6-8-22(11)12;/h5-8H,4,9-10H2,1-3H3,(H2,16,23)(H2,17,18,19);1H. The van der Waals surface area contributed by atoms with E-state index in [-0.39, 0.29) is 29.9 Å². The van der Waals surface area contributed by atoms with E-state index in [0.717, 1.165) is 11.5 Å². The minimum Gasteiger partial charge on any atom is -0.369 e. The normalized spacial score (nSPS) is 11.9. The number of amides is 1. The summed E-state index contributed by atoms with van der Waals surface area (Å²) in [4.78, 5) is 15.9. The largest absolute Gasteiger partial charge is 0.369 e. The number of nitrogens with zero attached hydrogens (tertiary/aromatic N) is 4. The van der Waals surface area contributed by atoms with Crippen LogP contribution < -0.4 is 16.4 Å². The number of hydrogen-bond acceptors (Lipinski definition) is 4. The Labute approximate surface area is 158 Å². The molecule has 2 rings (SSSR count). The van der Waals surface area contributed by atoms with Crippen molar-refractivity contribution < 1.29 is 4.79 Å². The summed E-state index contributed by atoms with van der Waals surface area (Å²) in [5.74, 6) is 0.991. The molecule has 0 atom stereocenters. The predicted molar refractivity (Wildman–Crippen MR) is 104 cm³/mol. The first-order valence-electron chi connectivity index (χ1n) is 7.55. The lowest BCUT2D eigenvalue weighted by molar-refractivity contribution is -0.125. The number of carbonyl (C=O) groups is 1. The van der Waals surface area contributed by atoms with Gasteiger partial charge in [0.25, 0.3) is 0 Å². The summed E-state index contributed by atoms with van der Waals surface area (Å²) in [5.41, 5.74) is 5.51. The van der Waals surface area contributed by atoms with Crippen LogP contribution in [0.4, 0.5) is 0 Å². The van der Waals surface area contributed by atoms with Crippen LogP contribution >= 0.6 is 24.0 Å². The summed E-state index contributed by atoms with van der Waals surface area (Å²) in [5, 5.41) is 14.5. The Morgan fingerprint density at radius 2 is 2.08 bits per heavy atom. The minimum atomic E-state index is -0.655. The SMILES string of the molecule is CCNC(=NCc1nnc2ccccn12)NCC(C)(C)C(N)=O.I. The summed E-state index contributed by atoms with van der Waals surface area (Å²) in [7, 11) is 0. The van der Waals surface area contributed by atoms with Crippen molar-refractivity contribution in [3.8, 4) is 0 Å². The van der Waals surface area contributed by atoms with Gasteiger partial charge in [-0.1, -0.05) is 6.07 Å². The molecule has 0 bridgehead atoms. The zero-order chi connectivity index (χ0) is 16.9. The zero-order valence-corrected chi connectivity index (χ0v) is 16.4. The lowest BCUT2D eigenvalue weighted by Gasteiger charge is -2.22. The number of nitrogens with one attached hydrogen (secondary N) is 2. The predicted octanol–water partition coefficient (Wildman–Crippen LogP) is 0.914. The average Bonchev–Trinajstić information content (AvgIpc) is 2.93. The molecule has 1 amide bonds. The first-order valence-corrected chi connectivity index (χ1v) is 7.55. The molecule has 2 aromatic rings. The molecule has 0 aliphatic heterocycles. The molecule has 9 heteroatoms. The maximum absolute atomic E-state index is 11.4. The van der Waals surface area contributed by atoms with E-state index in [2.05, 4.69) is 25.8 Å². The molecule has 2 heterocycles. The van der Waals surface area contributed by atoms with Gasteiger partial charge in [0.15, 0.2) is 17.4 Å². The number of nitrogens with two attached hydrogens (primary N) is 1. The van der Waals surface area contributed by atoms with Crippen LogP contribution in [0.15, 0.2) is 29.4 Å². The highest BCUT2D eigenvalue weighted by Crippen LogP contribution is 2.11. The fourth-order valence-electron chi connectivity index (χ4n) is 1.88. The van der Waals surface area contributed by atoms with Crippen molar-refractivity contribution in [3.63, 3.8) is 0 Å². The number of guanidine groups is 1. The van der Waals surface area contributed by atoms with E-state index in [9.17, 15) is 4.79 Å². The highest BCUT2D eigenvalue weighted by molar-refractivity contribution is 14.0. The van der Waals surface area contributed by atoms with E-state index in [1.54, 1.807) is 13.8 Å². The lowest BCUT2D eigenvalue weighted by atomic mass is 9.93.